The van der Waals surface area contributed by atoms with Crippen LogP contribution in [0.2, 0.25) is 0 Å². The van der Waals surface area contributed by atoms with E-state index in [1.165, 1.54) is 0 Å². The zero-order valence-electron chi connectivity index (χ0n) is 19.5. The molecule has 5 heteroatoms. The van der Waals surface area contributed by atoms with Crippen LogP contribution in [-0.4, -0.2) is 33.5 Å². The van der Waals surface area contributed by atoms with E-state index >= 15 is 0 Å². The Labute approximate surface area is 200 Å². The monoisotopic (exact) mass is 457 g/mol. The van der Waals surface area contributed by atoms with Crippen LogP contribution in [0.15, 0.2) is 79.0 Å². The fourth-order valence-electron chi connectivity index (χ4n) is 4.28. The Bertz CT molecular complexity index is 1250. The third-order valence-corrected chi connectivity index (χ3v) is 6.09. The van der Waals surface area contributed by atoms with Gasteiger partial charge in [0.1, 0.15) is 12.4 Å². The van der Waals surface area contributed by atoms with Crippen molar-refractivity contribution in [1.29, 1.82) is 0 Å². The van der Waals surface area contributed by atoms with Crippen LogP contribution in [0.25, 0.3) is 10.9 Å². The molecule has 5 nitrogen and oxygen atoms in total. The number of unbranched alkanes of at least 4 members (excludes halogenated alkanes) is 1. The minimum atomic E-state index is -0.822. The van der Waals surface area contributed by atoms with Crippen LogP contribution in [0.3, 0.4) is 0 Å². The zero-order valence-corrected chi connectivity index (χ0v) is 19.5. The fraction of sp³-hybridized carbons (Fsp3) is 0.276. The number of esters is 1. The maximum Gasteiger partial charge on any atom is 0.338 e. The molecule has 0 unspecified atom stereocenters. The molecule has 0 radical (unpaired) electrons. The number of aryl methyl sites for hydroxylation is 1. The molecule has 0 aliphatic rings. The largest absolute Gasteiger partial charge is 0.507 e. The summed E-state index contributed by atoms with van der Waals surface area (Å²) in [5.74, 6) is -0.0800. The third-order valence-electron chi connectivity index (χ3n) is 6.09. The molecule has 4 rings (SSSR count). The molecule has 1 aromatic heterocycles. The van der Waals surface area contributed by atoms with Gasteiger partial charge in [0, 0.05) is 29.1 Å². The molecule has 3 aromatic carbocycles. The Morgan fingerprint density at radius 3 is 2.47 bits per heavy atom. The van der Waals surface area contributed by atoms with Crippen molar-refractivity contribution in [2.45, 2.75) is 45.3 Å². The second-order valence-electron chi connectivity index (χ2n) is 8.65. The molecule has 1 atom stereocenters. The molecular weight excluding hydrogens is 426 g/mol. The summed E-state index contributed by atoms with van der Waals surface area (Å²) in [6.07, 6.45) is 4.54. The second-order valence-corrected chi connectivity index (χ2v) is 8.65. The molecule has 34 heavy (non-hydrogen) atoms. The summed E-state index contributed by atoms with van der Waals surface area (Å²) < 4.78 is 7.41. The number of fused-ring (bicyclic) bond motifs is 1. The second kappa shape index (κ2) is 11.0. The van der Waals surface area contributed by atoms with Crippen LogP contribution in [0.1, 0.15) is 46.8 Å². The number of benzene rings is 3. The first-order chi connectivity index (χ1) is 16.6. The van der Waals surface area contributed by atoms with Crippen LogP contribution in [0, 0.1) is 0 Å². The number of phenols is 1. The van der Waals surface area contributed by atoms with Gasteiger partial charge in [0.25, 0.3) is 0 Å². The van der Waals surface area contributed by atoms with Crippen molar-refractivity contribution >= 4 is 16.9 Å². The highest BCUT2D eigenvalue weighted by atomic mass is 16.5. The molecule has 4 aromatic rings. The molecule has 0 fully saturated rings. The predicted molar refractivity (Wildman–Crippen MR) is 134 cm³/mol. The molecular formula is C29H31NO4. The van der Waals surface area contributed by atoms with Gasteiger partial charge in [0.15, 0.2) is 0 Å². The first-order valence-corrected chi connectivity index (χ1v) is 11.8. The number of ether oxygens (including phenoxy) is 1. The number of rotatable bonds is 10. The van der Waals surface area contributed by atoms with E-state index in [1.807, 2.05) is 54.7 Å². The highest BCUT2D eigenvalue weighted by Gasteiger charge is 2.16. The lowest BCUT2D eigenvalue weighted by Crippen LogP contribution is -2.20. The number of phenolic OH excluding ortho intramolecular Hbond substituents is 1. The Kier molecular flexibility index (Phi) is 7.65. The number of para-hydroxylation sites is 2. The quantitative estimate of drug-likeness (QED) is 0.309. The average Bonchev–Trinajstić information content (AvgIpc) is 3.20. The van der Waals surface area contributed by atoms with Gasteiger partial charge in [-0.3, -0.25) is 0 Å². The van der Waals surface area contributed by atoms with Gasteiger partial charge in [-0.1, -0.05) is 67.9 Å². The van der Waals surface area contributed by atoms with Crippen molar-refractivity contribution in [3.63, 3.8) is 0 Å². The van der Waals surface area contributed by atoms with E-state index in [4.69, 9.17) is 4.74 Å². The van der Waals surface area contributed by atoms with Gasteiger partial charge in [0.2, 0.25) is 0 Å². The van der Waals surface area contributed by atoms with Crippen LogP contribution in [-0.2, 0) is 24.1 Å². The Morgan fingerprint density at radius 1 is 0.941 bits per heavy atom. The Balaban J connectivity index is 1.49. The average molecular weight is 458 g/mol. The molecule has 0 aliphatic carbocycles. The highest BCUT2D eigenvalue weighted by molar-refractivity contribution is 5.89. The smallest absolute Gasteiger partial charge is 0.338 e. The van der Waals surface area contributed by atoms with E-state index < -0.39 is 12.1 Å². The molecule has 2 N–H and O–H groups in total. The summed E-state index contributed by atoms with van der Waals surface area (Å²) in [6, 6.07) is 22.7. The number of aromatic nitrogens is 1. The summed E-state index contributed by atoms with van der Waals surface area (Å²) in [7, 11) is 0. The standard InChI is InChI=1S/C29H31NO4/c1-2-3-10-21-13-9-14-23(28(21)32)18-30-19-24(26-15-7-8-16-27(26)30)17-25(31)20-34-29(33)22-11-5-4-6-12-22/h4-9,11-16,19,25,31-32H,2-3,10,17-18,20H2,1H3/t25-/m0/s1. The molecule has 0 aliphatic heterocycles. The fourth-order valence-corrected chi connectivity index (χ4v) is 4.28. The van der Waals surface area contributed by atoms with Crippen molar-refractivity contribution in [2.75, 3.05) is 6.61 Å². The van der Waals surface area contributed by atoms with Crippen LogP contribution in [0.4, 0.5) is 0 Å². The van der Waals surface area contributed by atoms with Gasteiger partial charge < -0.3 is 19.5 Å². The van der Waals surface area contributed by atoms with Crippen LogP contribution >= 0.6 is 0 Å². The van der Waals surface area contributed by atoms with E-state index in [-0.39, 0.29) is 6.61 Å². The molecule has 0 spiro atoms. The van der Waals surface area contributed by atoms with E-state index in [0.29, 0.717) is 24.3 Å². The zero-order chi connectivity index (χ0) is 23.9. The normalized spacial score (nSPS) is 12.1. The summed E-state index contributed by atoms with van der Waals surface area (Å²) >= 11 is 0. The summed E-state index contributed by atoms with van der Waals surface area (Å²) in [5.41, 5.74) is 4.32. The molecule has 0 saturated carbocycles. The van der Waals surface area contributed by atoms with Gasteiger partial charge in [-0.15, -0.1) is 0 Å². The van der Waals surface area contributed by atoms with E-state index in [1.54, 1.807) is 24.3 Å². The van der Waals surface area contributed by atoms with Crippen molar-refractivity contribution in [1.82, 2.24) is 4.57 Å². The third kappa shape index (κ3) is 5.49. The molecule has 0 saturated heterocycles. The van der Waals surface area contributed by atoms with Gasteiger partial charge in [-0.25, -0.2) is 4.79 Å². The van der Waals surface area contributed by atoms with Crippen LogP contribution in [0.5, 0.6) is 5.75 Å². The van der Waals surface area contributed by atoms with Gasteiger partial charge in [-0.05, 0) is 42.2 Å². The topological polar surface area (TPSA) is 71.7 Å². The summed E-state index contributed by atoms with van der Waals surface area (Å²) in [6.45, 7) is 2.60. The number of nitrogens with zero attached hydrogens (tertiary/aromatic N) is 1. The molecule has 1 heterocycles. The minimum absolute atomic E-state index is 0.0759. The van der Waals surface area contributed by atoms with Crippen molar-refractivity contribution in [3.05, 3.63) is 101 Å². The van der Waals surface area contributed by atoms with E-state index in [2.05, 4.69) is 11.5 Å². The highest BCUT2D eigenvalue weighted by Crippen LogP contribution is 2.28. The Hall–Kier alpha value is -3.57. The SMILES string of the molecule is CCCCc1cccc(Cn2cc(C[C@H](O)COC(=O)c3ccccc3)c3ccccc32)c1O. The summed E-state index contributed by atoms with van der Waals surface area (Å²) in [5, 5.41) is 22.4. The van der Waals surface area contributed by atoms with Crippen molar-refractivity contribution in [3.8, 4) is 5.75 Å². The lowest BCUT2D eigenvalue weighted by Gasteiger charge is -2.12. The number of hydrogen-bond donors (Lipinski definition) is 2. The van der Waals surface area contributed by atoms with E-state index in [0.717, 1.165) is 46.9 Å². The molecule has 176 valence electrons. The number of aromatic hydroxyl groups is 1. The first-order valence-electron chi connectivity index (χ1n) is 11.8. The van der Waals surface area contributed by atoms with Crippen LogP contribution < -0.4 is 0 Å². The number of carbonyl (C=O) groups excluding carboxylic acids is 1. The van der Waals surface area contributed by atoms with Gasteiger partial charge in [0.05, 0.1) is 18.2 Å². The van der Waals surface area contributed by atoms with Crippen molar-refractivity contribution < 1.29 is 19.7 Å². The van der Waals surface area contributed by atoms with E-state index in [9.17, 15) is 15.0 Å². The van der Waals surface area contributed by atoms with Gasteiger partial charge >= 0.3 is 5.97 Å². The van der Waals surface area contributed by atoms with Crippen molar-refractivity contribution in [2.24, 2.45) is 0 Å². The van der Waals surface area contributed by atoms with Gasteiger partial charge in [-0.2, -0.15) is 0 Å². The maximum absolute atomic E-state index is 12.2. The molecule has 0 amide bonds. The summed E-state index contributed by atoms with van der Waals surface area (Å²) in [4.78, 5) is 12.2. The number of carbonyl (C=O) groups is 1. The lowest BCUT2D eigenvalue weighted by atomic mass is 10.0. The Morgan fingerprint density at radius 2 is 1.68 bits per heavy atom. The minimum Gasteiger partial charge on any atom is -0.507 e. The predicted octanol–water partition coefficient (Wildman–Crippen LogP) is 5.50. The molecule has 0 bridgehead atoms. The maximum atomic E-state index is 12.2. The number of aliphatic hydroxyl groups excluding tert-OH is 1. The lowest BCUT2D eigenvalue weighted by molar-refractivity contribution is 0.0259. The number of hydrogen-bond acceptors (Lipinski definition) is 4. The number of aliphatic hydroxyl groups is 1. The first kappa shape index (κ1) is 23.6.